The molecule has 0 aromatic carbocycles. The van der Waals surface area contributed by atoms with Crippen molar-refractivity contribution in [1.82, 2.24) is 0 Å². The number of allylic oxidation sites excluding steroid dienone is 1. The lowest BCUT2D eigenvalue weighted by Crippen LogP contribution is -2.10. The summed E-state index contributed by atoms with van der Waals surface area (Å²) in [5, 5.41) is 0. The minimum Gasteiger partial charge on any atom is -0.378 e. The SMILES string of the molecule is C=CC(CC=CCOCC1CO1)COCC1CO1. The van der Waals surface area contributed by atoms with Crippen molar-refractivity contribution in [3.05, 3.63) is 24.8 Å². The van der Waals surface area contributed by atoms with Crippen LogP contribution in [-0.2, 0) is 18.9 Å². The minimum absolute atomic E-state index is 0.337. The van der Waals surface area contributed by atoms with Gasteiger partial charge in [0.05, 0.1) is 39.6 Å². The minimum atomic E-state index is 0.337. The molecule has 2 rings (SSSR count). The van der Waals surface area contributed by atoms with Crippen molar-refractivity contribution in [2.45, 2.75) is 18.6 Å². The lowest BCUT2D eigenvalue weighted by molar-refractivity contribution is 0.0979. The Balaban J connectivity index is 1.45. The van der Waals surface area contributed by atoms with Crippen LogP contribution >= 0.6 is 0 Å². The Labute approximate surface area is 109 Å². The predicted octanol–water partition coefficient (Wildman–Crippen LogP) is 1.57. The summed E-state index contributed by atoms with van der Waals surface area (Å²) < 4.78 is 21.1. The smallest absolute Gasteiger partial charge is 0.104 e. The number of hydrogen-bond donors (Lipinski definition) is 0. The molecule has 0 radical (unpaired) electrons. The van der Waals surface area contributed by atoms with Crippen LogP contribution in [0.4, 0.5) is 0 Å². The summed E-state index contributed by atoms with van der Waals surface area (Å²) in [6.45, 7) is 8.31. The van der Waals surface area contributed by atoms with Crippen LogP contribution < -0.4 is 0 Å². The van der Waals surface area contributed by atoms with Gasteiger partial charge in [-0.1, -0.05) is 18.2 Å². The van der Waals surface area contributed by atoms with Gasteiger partial charge < -0.3 is 18.9 Å². The molecule has 3 unspecified atom stereocenters. The highest BCUT2D eigenvalue weighted by Crippen LogP contribution is 2.12. The van der Waals surface area contributed by atoms with Crippen molar-refractivity contribution >= 4 is 0 Å². The number of hydrogen-bond acceptors (Lipinski definition) is 4. The summed E-state index contributed by atoms with van der Waals surface area (Å²) in [5.74, 6) is 0.367. The Morgan fingerprint density at radius 1 is 1.11 bits per heavy atom. The van der Waals surface area contributed by atoms with E-state index in [1.165, 1.54) is 0 Å². The number of ether oxygens (including phenoxy) is 4. The zero-order valence-electron chi connectivity index (χ0n) is 10.8. The monoisotopic (exact) mass is 254 g/mol. The van der Waals surface area contributed by atoms with E-state index in [9.17, 15) is 0 Å². The fraction of sp³-hybridized carbons (Fsp3) is 0.714. The molecule has 3 atom stereocenters. The van der Waals surface area contributed by atoms with E-state index in [0.717, 1.165) is 19.6 Å². The van der Waals surface area contributed by atoms with Crippen LogP contribution in [0.1, 0.15) is 6.42 Å². The predicted molar refractivity (Wildman–Crippen MR) is 68.6 cm³/mol. The van der Waals surface area contributed by atoms with Crippen molar-refractivity contribution in [3.8, 4) is 0 Å². The van der Waals surface area contributed by atoms with Crippen LogP contribution in [0.5, 0.6) is 0 Å². The topological polar surface area (TPSA) is 43.5 Å². The molecule has 4 nitrogen and oxygen atoms in total. The second kappa shape index (κ2) is 7.69. The van der Waals surface area contributed by atoms with Crippen molar-refractivity contribution in [2.75, 3.05) is 39.6 Å². The summed E-state index contributed by atoms with van der Waals surface area (Å²) in [6.07, 6.45) is 7.73. The number of rotatable bonds is 11. The largest absolute Gasteiger partial charge is 0.378 e. The average Bonchev–Trinajstić information content (AvgIpc) is 3.25. The standard InChI is InChI=1S/C14H22O4/c1-2-12(7-16-9-14-11-18-14)5-3-4-6-15-8-13-10-17-13/h2-4,12-14H,1,5-11H2. The highest BCUT2D eigenvalue weighted by Gasteiger charge is 2.22. The third-order valence-corrected chi connectivity index (χ3v) is 2.90. The first kappa shape index (κ1) is 13.7. The third kappa shape index (κ3) is 6.31. The molecule has 0 N–H and O–H groups in total. The molecule has 0 spiro atoms. The van der Waals surface area contributed by atoms with Crippen LogP contribution in [0.3, 0.4) is 0 Å². The van der Waals surface area contributed by atoms with Crippen molar-refractivity contribution < 1.29 is 18.9 Å². The summed E-state index contributed by atoms with van der Waals surface area (Å²) in [7, 11) is 0. The van der Waals surface area contributed by atoms with Gasteiger partial charge in [0.25, 0.3) is 0 Å². The van der Waals surface area contributed by atoms with E-state index < -0.39 is 0 Å². The Morgan fingerprint density at radius 2 is 1.78 bits per heavy atom. The molecule has 0 aliphatic carbocycles. The zero-order chi connectivity index (χ0) is 12.6. The maximum Gasteiger partial charge on any atom is 0.104 e. The van der Waals surface area contributed by atoms with Gasteiger partial charge in [0.2, 0.25) is 0 Å². The fourth-order valence-corrected chi connectivity index (χ4v) is 1.52. The molecule has 18 heavy (non-hydrogen) atoms. The second-order valence-corrected chi connectivity index (χ2v) is 4.69. The van der Waals surface area contributed by atoms with Crippen molar-refractivity contribution in [3.63, 3.8) is 0 Å². The molecule has 0 bridgehead atoms. The van der Waals surface area contributed by atoms with Gasteiger partial charge in [0.15, 0.2) is 0 Å². The van der Waals surface area contributed by atoms with E-state index in [1.54, 1.807) is 0 Å². The van der Waals surface area contributed by atoms with E-state index in [2.05, 4.69) is 12.7 Å². The van der Waals surface area contributed by atoms with Gasteiger partial charge in [0, 0.05) is 5.92 Å². The molecule has 2 saturated heterocycles. The molecule has 2 aliphatic heterocycles. The highest BCUT2D eigenvalue weighted by molar-refractivity contribution is 4.90. The molecule has 2 aliphatic rings. The van der Waals surface area contributed by atoms with E-state index in [0.29, 0.717) is 44.6 Å². The van der Waals surface area contributed by atoms with Crippen molar-refractivity contribution in [2.24, 2.45) is 5.92 Å². The molecule has 4 heteroatoms. The summed E-state index contributed by atoms with van der Waals surface area (Å²) >= 11 is 0. The first-order valence-electron chi connectivity index (χ1n) is 6.54. The fourth-order valence-electron chi connectivity index (χ4n) is 1.52. The Kier molecular flexibility index (Phi) is 5.87. The summed E-state index contributed by atoms with van der Waals surface area (Å²) in [5.41, 5.74) is 0. The summed E-state index contributed by atoms with van der Waals surface area (Å²) in [4.78, 5) is 0. The molecule has 0 saturated carbocycles. The molecular weight excluding hydrogens is 232 g/mol. The third-order valence-electron chi connectivity index (χ3n) is 2.90. The van der Waals surface area contributed by atoms with Crippen LogP contribution in [-0.4, -0.2) is 51.8 Å². The van der Waals surface area contributed by atoms with Gasteiger partial charge >= 0.3 is 0 Å². The van der Waals surface area contributed by atoms with Gasteiger partial charge in [-0.05, 0) is 6.42 Å². The Bertz CT molecular complexity index is 269. The molecule has 0 aromatic rings. The molecule has 2 heterocycles. The maximum absolute atomic E-state index is 5.55. The number of epoxide rings is 2. The van der Waals surface area contributed by atoms with Gasteiger partial charge in [-0.3, -0.25) is 0 Å². The van der Waals surface area contributed by atoms with Crippen LogP contribution in [0.25, 0.3) is 0 Å². The highest BCUT2D eigenvalue weighted by atomic mass is 16.6. The summed E-state index contributed by atoms with van der Waals surface area (Å²) in [6, 6.07) is 0. The Hall–Kier alpha value is -0.680. The van der Waals surface area contributed by atoms with E-state index >= 15 is 0 Å². The van der Waals surface area contributed by atoms with Crippen molar-refractivity contribution in [1.29, 1.82) is 0 Å². The van der Waals surface area contributed by atoms with Crippen LogP contribution in [0.15, 0.2) is 24.8 Å². The first-order valence-corrected chi connectivity index (χ1v) is 6.54. The van der Waals surface area contributed by atoms with Gasteiger partial charge in [0.1, 0.15) is 12.2 Å². The van der Waals surface area contributed by atoms with E-state index in [4.69, 9.17) is 18.9 Å². The molecule has 0 amide bonds. The first-order chi connectivity index (χ1) is 8.88. The average molecular weight is 254 g/mol. The molecular formula is C14H22O4. The lowest BCUT2D eigenvalue weighted by atomic mass is 10.1. The quantitative estimate of drug-likeness (QED) is 0.319. The lowest BCUT2D eigenvalue weighted by Gasteiger charge is -2.09. The van der Waals surface area contributed by atoms with Crippen LogP contribution in [0.2, 0.25) is 0 Å². The van der Waals surface area contributed by atoms with E-state index in [1.807, 2.05) is 12.2 Å². The molecule has 2 fully saturated rings. The van der Waals surface area contributed by atoms with Gasteiger partial charge in [-0.15, -0.1) is 6.58 Å². The zero-order valence-corrected chi connectivity index (χ0v) is 10.8. The van der Waals surface area contributed by atoms with Gasteiger partial charge in [-0.25, -0.2) is 0 Å². The Morgan fingerprint density at radius 3 is 2.39 bits per heavy atom. The van der Waals surface area contributed by atoms with E-state index in [-0.39, 0.29) is 0 Å². The molecule has 0 aromatic heterocycles. The normalized spacial score (nSPS) is 27.3. The second-order valence-electron chi connectivity index (χ2n) is 4.69. The molecule has 102 valence electrons. The van der Waals surface area contributed by atoms with Crippen LogP contribution in [0, 0.1) is 5.92 Å². The van der Waals surface area contributed by atoms with Gasteiger partial charge in [-0.2, -0.15) is 0 Å². The maximum atomic E-state index is 5.55.